The minimum Gasteiger partial charge on any atom is -0.483 e. The molecule has 2 aromatic heterocycles. The predicted molar refractivity (Wildman–Crippen MR) is 120 cm³/mol. The standard InChI is InChI=1S/C22H26N4O3.CH2O2/c1-15-24-17-9-12-23-19(17)20(25-15)26-13-10-18(27)22(14-26,21(28)29)11-5-8-16-6-3-2-4-7-16;2-1-3/h2-4,6-7,9,12,18,23,27H,5,8,10-11,13-14H2,1H3,(H,28,29);1H,(H,2,3)/t18-,22-;/m1./s1. The lowest BCUT2D eigenvalue weighted by Gasteiger charge is -2.44. The summed E-state index contributed by atoms with van der Waals surface area (Å²) in [6.07, 6.45) is 3.22. The average molecular weight is 441 g/mol. The minimum atomic E-state index is -1.22. The fourth-order valence-electron chi connectivity index (χ4n) is 4.35. The molecule has 0 aliphatic carbocycles. The van der Waals surface area contributed by atoms with E-state index >= 15 is 0 Å². The van der Waals surface area contributed by atoms with Gasteiger partial charge in [-0.05, 0) is 44.2 Å². The fraction of sp³-hybridized carbons (Fsp3) is 0.391. The molecule has 1 saturated heterocycles. The number of benzene rings is 1. The van der Waals surface area contributed by atoms with Gasteiger partial charge in [0.05, 0.1) is 11.6 Å². The van der Waals surface area contributed by atoms with Gasteiger partial charge in [0.1, 0.15) is 16.8 Å². The van der Waals surface area contributed by atoms with Gasteiger partial charge >= 0.3 is 5.97 Å². The summed E-state index contributed by atoms with van der Waals surface area (Å²) in [5.74, 6) is 0.401. The minimum absolute atomic E-state index is 0.225. The maximum Gasteiger partial charge on any atom is 0.314 e. The quantitative estimate of drug-likeness (QED) is 0.429. The first-order chi connectivity index (χ1) is 15.4. The highest BCUT2D eigenvalue weighted by atomic mass is 16.4. The summed E-state index contributed by atoms with van der Waals surface area (Å²) in [6, 6.07) is 11.9. The number of rotatable bonds is 6. The van der Waals surface area contributed by atoms with Gasteiger partial charge in [-0.3, -0.25) is 9.59 Å². The Morgan fingerprint density at radius 3 is 2.69 bits per heavy atom. The topological polar surface area (TPSA) is 140 Å². The Kier molecular flexibility index (Phi) is 7.42. The largest absolute Gasteiger partial charge is 0.483 e. The summed E-state index contributed by atoms with van der Waals surface area (Å²) in [5, 5.41) is 27.7. The molecule has 32 heavy (non-hydrogen) atoms. The number of nitrogens with one attached hydrogen (secondary N) is 1. The summed E-state index contributed by atoms with van der Waals surface area (Å²) in [5.41, 5.74) is 1.57. The molecule has 0 saturated carbocycles. The number of hydrogen-bond donors (Lipinski definition) is 4. The molecule has 1 aromatic carbocycles. The van der Waals surface area contributed by atoms with Crippen molar-refractivity contribution in [3.63, 3.8) is 0 Å². The Balaban J connectivity index is 0.000000913. The van der Waals surface area contributed by atoms with E-state index in [1.807, 2.05) is 54.4 Å². The molecule has 4 N–H and O–H groups in total. The third-order valence-electron chi connectivity index (χ3n) is 5.94. The van der Waals surface area contributed by atoms with E-state index < -0.39 is 17.5 Å². The first-order valence-electron chi connectivity index (χ1n) is 10.5. The normalized spacial score (nSPS) is 20.4. The van der Waals surface area contributed by atoms with E-state index in [-0.39, 0.29) is 13.0 Å². The van der Waals surface area contributed by atoms with Crippen LogP contribution in [0.3, 0.4) is 0 Å². The van der Waals surface area contributed by atoms with Crippen molar-refractivity contribution in [2.24, 2.45) is 5.41 Å². The number of carboxylic acids is 1. The SMILES string of the molecule is Cc1nc(N2CC[C@@H](O)[C@](CCCc3ccccc3)(C(=O)O)C2)c2[nH]ccc2n1.O=CO. The number of anilines is 1. The lowest BCUT2D eigenvalue weighted by molar-refractivity contribution is -0.158. The molecule has 0 radical (unpaired) electrons. The molecule has 170 valence electrons. The molecule has 9 heteroatoms. The predicted octanol–water partition coefficient (Wildman–Crippen LogP) is 2.63. The maximum atomic E-state index is 12.4. The molecule has 3 aromatic rings. The number of aromatic amines is 1. The summed E-state index contributed by atoms with van der Waals surface area (Å²) in [4.78, 5) is 34.9. The van der Waals surface area contributed by atoms with Crippen LogP contribution in [0.5, 0.6) is 0 Å². The molecule has 4 rings (SSSR count). The highest BCUT2D eigenvalue weighted by molar-refractivity contribution is 5.87. The summed E-state index contributed by atoms with van der Waals surface area (Å²) < 4.78 is 0. The lowest BCUT2D eigenvalue weighted by atomic mass is 9.73. The van der Waals surface area contributed by atoms with Crippen LogP contribution in [0.15, 0.2) is 42.6 Å². The van der Waals surface area contributed by atoms with E-state index in [1.54, 1.807) is 0 Å². The third kappa shape index (κ3) is 4.88. The van der Waals surface area contributed by atoms with Crippen molar-refractivity contribution in [3.8, 4) is 0 Å². The number of aromatic nitrogens is 3. The number of fused-ring (bicyclic) bond motifs is 1. The number of carboxylic acid groups (broad SMARTS) is 2. The zero-order valence-corrected chi connectivity index (χ0v) is 17.9. The summed E-state index contributed by atoms with van der Waals surface area (Å²) in [7, 11) is 0. The van der Waals surface area contributed by atoms with Crippen molar-refractivity contribution in [2.45, 2.75) is 38.7 Å². The van der Waals surface area contributed by atoms with E-state index in [0.717, 1.165) is 17.5 Å². The second kappa shape index (κ2) is 10.2. The molecule has 1 aliphatic rings. The fourth-order valence-corrected chi connectivity index (χ4v) is 4.35. The number of hydrogen-bond acceptors (Lipinski definition) is 6. The van der Waals surface area contributed by atoms with Gasteiger partial charge in [-0.1, -0.05) is 30.3 Å². The zero-order valence-electron chi connectivity index (χ0n) is 17.9. The number of carbonyl (C=O) groups is 2. The molecule has 0 amide bonds. The second-order valence-corrected chi connectivity index (χ2v) is 7.96. The Morgan fingerprint density at radius 1 is 1.28 bits per heavy atom. The molecule has 2 atom stereocenters. The van der Waals surface area contributed by atoms with Crippen LogP contribution in [0.2, 0.25) is 0 Å². The van der Waals surface area contributed by atoms with Gasteiger partial charge in [0, 0.05) is 19.3 Å². The van der Waals surface area contributed by atoms with Crippen molar-refractivity contribution in [1.29, 1.82) is 0 Å². The monoisotopic (exact) mass is 440 g/mol. The van der Waals surface area contributed by atoms with Crippen LogP contribution in [0, 0.1) is 12.3 Å². The first kappa shape index (κ1) is 23.2. The van der Waals surface area contributed by atoms with Crippen LogP contribution < -0.4 is 4.90 Å². The third-order valence-corrected chi connectivity index (χ3v) is 5.94. The second-order valence-electron chi connectivity index (χ2n) is 7.96. The Labute approximate surface area is 185 Å². The van der Waals surface area contributed by atoms with Gasteiger partial charge in [0.25, 0.3) is 6.47 Å². The number of aliphatic hydroxyl groups is 1. The molecule has 0 bridgehead atoms. The van der Waals surface area contributed by atoms with Crippen LogP contribution in [-0.2, 0) is 16.0 Å². The van der Waals surface area contributed by atoms with Gasteiger partial charge < -0.3 is 25.2 Å². The maximum absolute atomic E-state index is 12.4. The van der Waals surface area contributed by atoms with Gasteiger partial charge in [-0.15, -0.1) is 0 Å². The van der Waals surface area contributed by atoms with Crippen LogP contribution >= 0.6 is 0 Å². The molecule has 1 fully saturated rings. The molecule has 9 nitrogen and oxygen atoms in total. The number of piperidine rings is 1. The molecular formula is C23H28N4O5. The van der Waals surface area contributed by atoms with Crippen molar-refractivity contribution in [3.05, 3.63) is 54.0 Å². The van der Waals surface area contributed by atoms with Gasteiger partial charge in [0.15, 0.2) is 5.82 Å². The highest BCUT2D eigenvalue weighted by Gasteiger charge is 2.49. The molecule has 0 spiro atoms. The number of nitrogens with zero attached hydrogens (tertiary/aromatic N) is 3. The van der Waals surface area contributed by atoms with E-state index in [2.05, 4.69) is 15.0 Å². The summed E-state index contributed by atoms with van der Waals surface area (Å²) in [6.45, 7) is 2.36. The van der Waals surface area contributed by atoms with E-state index in [9.17, 15) is 15.0 Å². The lowest BCUT2D eigenvalue weighted by Crippen LogP contribution is -2.56. The number of aliphatic carboxylic acids is 1. The number of H-pyrrole nitrogens is 1. The van der Waals surface area contributed by atoms with E-state index in [1.165, 1.54) is 5.56 Å². The number of aliphatic hydroxyl groups excluding tert-OH is 1. The van der Waals surface area contributed by atoms with E-state index in [0.29, 0.717) is 37.4 Å². The Morgan fingerprint density at radius 2 is 2.00 bits per heavy atom. The highest BCUT2D eigenvalue weighted by Crippen LogP contribution is 2.38. The molecule has 1 aliphatic heterocycles. The van der Waals surface area contributed by atoms with Gasteiger partial charge in [0.2, 0.25) is 0 Å². The van der Waals surface area contributed by atoms with Crippen molar-refractivity contribution in [2.75, 3.05) is 18.0 Å². The van der Waals surface area contributed by atoms with E-state index in [4.69, 9.17) is 9.90 Å². The first-order valence-corrected chi connectivity index (χ1v) is 10.5. The summed E-state index contributed by atoms with van der Waals surface area (Å²) >= 11 is 0. The Bertz CT molecular complexity index is 1050. The molecular weight excluding hydrogens is 412 g/mol. The van der Waals surface area contributed by atoms with Crippen molar-refractivity contribution < 1.29 is 24.9 Å². The van der Waals surface area contributed by atoms with Crippen LogP contribution in [0.1, 0.15) is 30.7 Å². The van der Waals surface area contributed by atoms with Crippen LogP contribution in [-0.4, -0.2) is 61.9 Å². The molecule has 3 heterocycles. The van der Waals surface area contributed by atoms with Crippen molar-refractivity contribution >= 4 is 29.3 Å². The molecule has 0 unspecified atom stereocenters. The zero-order chi connectivity index (χ0) is 23.1. The Hall–Kier alpha value is -3.46. The number of aryl methyl sites for hydroxylation is 2. The van der Waals surface area contributed by atoms with Crippen LogP contribution in [0.25, 0.3) is 11.0 Å². The average Bonchev–Trinajstić information content (AvgIpc) is 3.24. The van der Waals surface area contributed by atoms with Crippen LogP contribution in [0.4, 0.5) is 5.82 Å². The van der Waals surface area contributed by atoms with Crippen molar-refractivity contribution in [1.82, 2.24) is 15.0 Å². The van der Waals surface area contributed by atoms with Gasteiger partial charge in [-0.25, -0.2) is 9.97 Å². The smallest absolute Gasteiger partial charge is 0.314 e. The van der Waals surface area contributed by atoms with Gasteiger partial charge in [-0.2, -0.15) is 0 Å².